The van der Waals surface area contributed by atoms with Gasteiger partial charge in [-0.15, -0.1) is 0 Å². The lowest BCUT2D eigenvalue weighted by atomic mass is 9.79. The van der Waals surface area contributed by atoms with E-state index in [9.17, 15) is 0 Å². The summed E-state index contributed by atoms with van der Waals surface area (Å²) in [6.45, 7) is 5.48. The molecule has 0 atom stereocenters. The van der Waals surface area contributed by atoms with Crippen molar-refractivity contribution in [3.8, 4) is 0 Å². The lowest BCUT2D eigenvalue weighted by Crippen LogP contribution is -2.45. The molecule has 0 aliphatic carbocycles. The largest absolute Gasteiger partial charge is 0.387 e. The maximum Gasteiger partial charge on any atom is 0.0966 e. The SMILES string of the molecule is CSCCN1CCC(C)(C(=N)N)CC1. The minimum Gasteiger partial charge on any atom is -0.387 e. The van der Waals surface area contributed by atoms with Crippen LogP contribution in [0.25, 0.3) is 0 Å². The third kappa shape index (κ3) is 2.89. The molecule has 82 valence electrons. The summed E-state index contributed by atoms with van der Waals surface area (Å²) in [5.74, 6) is 1.57. The van der Waals surface area contributed by atoms with Gasteiger partial charge in [0.1, 0.15) is 0 Å². The number of rotatable bonds is 4. The van der Waals surface area contributed by atoms with Crippen molar-refractivity contribution in [3.63, 3.8) is 0 Å². The first-order valence-electron chi connectivity index (χ1n) is 5.14. The van der Waals surface area contributed by atoms with E-state index < -0.39 is 0 Å². The molecule has 1 aliphatic rings. The van der Waals surface area contributed by atoms with Crippen molar-refractivity contribution in [1.82, 2.24) is 4.90 Å². The number of nitrogens with zero attached hydrogens (tertiary/aromatic N) is 1. The van der Waals surface area contributed by atoms with Crippen molar-refractivity contribution < 1.29 is 0 Å². The molecule has 0 aromatic heterocycles. The first-order valence-corrected chi connectivity index (χ1v) is 6.54. The molecule has 1 rings (SSSR count). The van der Waals surface area contributed by atoms with Crippen LogP contribution < -0.4 is 5.73 Å². The summed E-state index contributed by atoms with van der Waals surface area (Å²) in [7, 11) is 0. The number of thioether (sulfide) groups is 1. The Morgan fingerprint density at radius 2 is 2.07 bits per heavy atom. The monoisotopic (exact) mass is 215 g/mol. The fourth-order valence-electron chi connectivity index (χ4n) is 1.76. The Morgan fingerprint density at radius 1 is 1.50 bits per heavy atom. The second-order valence-corrected chi connectivity index (χ2v) is 5.29. The zero-order valence-corrected chi connectivity index (χ0v) is 9.99. The molecule has 0 radical (unpaired) electrons. The van der Waals surface area contributed by atoms with Crippen molar-refractivity contribution in [2.45, 2.75) is 19.8 Å². The summed E-state index contributed by atoms with van der Waals surface area (Å²) < 4.78 is 0. The number of amidine groups is 1. The number of likely N-dealkylation sites (tertiary alicyclic amines) is 1. The quantitative estimate of drug-likeness (QED) is 0.550. The topological polar surface area (TPSA) is 53.1 Å². The summed E-state index contributed by atoms with van der Waals surface area (Å²) in [6.07, 6.45) is 4.22. The van der Waals surface area contributed by atoms with E-state index in [1.165, 1.54) is 12.3 Å². The van der Waals surface area contributed by atoms with Crippen LogP contribution in [0.1, 0.15) is 19.8 Å². The summed E-state index contributed by atoms with van der Waals surface area (Å²) >= 11 is 1.89. The molecule has 4 heteroatoms. The molecule has 0 aromatic carbocycles. The number of hydrogen-bond donors (Lipinski definition) is 2. The fraction of sp³-hybridized carbons (Fsp3) is 0.900. The van der Waals surface area contributed by atoms with Crippen molar-refractivity contribution >= 4 is 17.6 Å². The third-order valence-electron chi connectivity index (χ3n) is 3.22. The molecule has 1 heterocycles. The van der Waals surface area contributed by atoms with Gasteiger partial charge in [0.05, 0.1) is 5.84 Å². The second kappa shape index (κ2) is 5.03. The van der Waals surface area contributed by atoms with Crippen LogP contribution in [0.5, 0.6) is 0 Å². The van der Waals surface area contributed by atoms with Gasteiger partial charge >= 0.3 is 0 Å². The van der Waals surface area contributed by atoms with E-state index in [0.29, 0.717) is 5.84 Å². The Morgan fingerprint density at radius 3 is 2.50 bits per heavy atom. The average Bonchev–Trinajstić information content (AvgIpc) is 2.17. The van der Waals surface area contributed by atoms with E-state index in [4.69, 9.17) is 11.1 Å². The maximum absolute atomic E-state index is 7.54. The van der Waals surface area contributed by atoms with Crippen LogP contribution in [-0.4, -0.2) is 42.4 Å². The van der Waals surface area contributed by atoms with Crippen molar-refractivity contribution in [1.29, 1.82) is 5.41 Å². The van der Waals surface area contributed by atoms with Gasteiger partial charge < -0.3 is 10.6 Å². The molecule has 1 aliphatic heterocycles. The van der Waals surface area contributed by atoms with Crippen LogP contribution >= 0.6 is 11.8 Å². The molecule has 14 heavy (non-hydrogen) atoms. The van der Waals surface area contributed by atoms with E-state index in [-0.39, 0.29) is 5.41 Å². The number of nitrogens with one attached hydrogen (secondary N) is 1. The van der Waals surface area contributed by atoms with Gasteiger partial charge in [0.2, 0.25) is 0 Å². The first kappa shape index (κ1) is 11.9. The molecule has 0 amide bonds. The Hall–Kier alpha value is -0.220. The van der Waals surface area contributed by atoms with Crippen molar-refractivity contribution in [3.05, 3.63) is 0 Å². The molecule has 0 unspecified atom stereocenters. The molecule has 3 nitrogen and oxygen atoms in total. The van der Waals surface area contributed by atoms with Gasteiger partial charge in [-0.1, -0.05) is 6.92 Å². The molecule has 3 N–H and O–H groups in total. The van der Waals surface area contributed by atoms with Crippen LogP contribution in [0.3, 0.4) is 0 Å². The molecular weight excluding hydrogens is 194 g/mol. The van der Waals surface area contributed by atoms with Gasteiger partial charge in [-0.2, -0.15) is 11.8 Å². The van der Waals surface area contributed by atoms with Gasteiger partial charge in [0, 0.05) is 17.7 Å². The number of piperidine rings is 1. The van der Waals surface area contributed by atoms with E-state index in [2.05, 4.69) is 18.1 Å². The zero-order chi connectivity index (χ0) is 10.6. The van der Waals surface area contributed by atoms with Crippen LogP contribution in [0.15, 0.2) is 0 Å². The van der Waals surface area contributed by atoms with Gasteiger partial charge in [-0.25, -0.2) is 0 Å². The number of hydrogen-bond acceptors (Lipinski definition) is 3. The normalized spacial score (nSPS) is 22.1. The lowest BCUT2D eigenvalue weighted by Gasteiger charge is -2.38. The molecular formula is C10H21N3S. The Labute approximate surface area is 90.9 Å². The van der Waals surface area contributed by atoms with E-state index in [0.717, 1.165) is 25.9 Å². The van der Waals surface area contributed by atoms with E-state index in [1.807, 2.05) is 11.8 Å². The van der Waals surface area contributed by atoms with E-state index in [1.54, 1.807) is 0 Å². The summed E-state index contributed by atoms with van der Waals surface area (Å²) in [4.78, 5) is 2.47. The maximum atomic E-state index is 7.54. The molecule has 0 aromatic rings. The molecule has 1 fully saturated rings. The fourth-order valence-corrected chi connectivity index (χ4v) is 2.20. The summed E-state index contributed by atoms with van der Waals surface area (Å²) in [5.41, 5.74) is 5.58. The van der Waals surface area contributed by atoms with E-state index >= 15 is 0 Å². The van der Waals surface area contributed by atoms with Crippen LogP contribution in [0, 0.1) is 10.8 Å². The second-order valence-electron chi connectivity index (χ2n) is 4.31. The highest BCUT2D eigenvalue weighted by molar-refractivity contribution is 7.98. The predicted molar refractivity (Wildman–Crippen MR) is 64.1 cm³/mol. The lowest BCUT2D eigenvalue weighted by molar-refractivity contribution is 0.170. The Bertz CT molecular complexity index is 198. The number of nitrogens with two attached hydrogens (primary N) is 1. The van der Waals surface area contributed by atoms with Gasteiger partial charge in [0.15, 0.2) is 0 Å². The highest BCUT2D eigenvalue weighted by Crippen LogP contribution is 2.30. The summed E-state index contributed by atoms with van der Waals surface area (Å²) in [5, 5.41) is 7.54. The van der Waals surface area contributed by atoms with Gasteiger partial charge in [-0.05, 0) is 32.2 Å². The molecule has 0 bridgehead atoms. The first-order chi connectivity index (χ1) is 6.58. The van der Waals surface area contributed by atoms with Crippen LogP contribution in [0.2, 0.25) is 0 Å². The Kier molecular flexibility index (Phi) is 4.26. The highest BCUT2D eigenvalue weighted by atomic mass is 32.2. The Balaban J connectivity index is 2.34. The zero-order valence-electron chi connectivity index (χ0n) is 9.18. The minimum atomic E-state index is -0.0319. The third-order valence-corrected chi connectivity index (χ3v) is 3.81. The average molecular weight is 215 g/mol. The smallest absolute Gasteiger partial charge is 0.0966 e. The summed E-state index contributed by atoms with van der Waals surface area (Å²) in [6, 6.07) is 0. The van der Waals surface area contributed by atoms with Crippen LogP contribution in [0.4, 0.5) is 0 Å². The molecule has 0 spiro atoms. The van der Waals surface area contributed by atoms with Crippen molar-refractivity contribution in [2.24, 2.45) is 11.1 Å². The molecule has 0 saturated carbocycles. The minimum absolute atomic E-state index is 0.0319. The van der Waals surface area contributed by atoms with Crippen LogP contribution in [-0.2, 0) is 0 Å². The highest BCUT2D eigenvalue weighted by Gasteiger charge is 2.32. The van der Waals surface area contributed by atoms with Crippen molar-refractivity contribution in [2.75, 3.05) is 31.6 Å². The van der Waals surface area contributed by atoms with Gasteiger partial charge in [-0.3, -0.25) is 5.41 Å². The van der Waals surface area contributed by atoms with Gasteiger partial charge in [0.25, 0.3) is 0 Å². The standard InChI is InChI=1S/C10H21N3S/c1-10(9(11)12)3-5-13(6-4-10)7-8-14-2/h3-8H2,1-2H3,(H3,11,12). The molecule has 1 saturated heterocycles. The predicted octanol–water partition coefficient (Wildman–Crippen LogP) is 1.39.